The van der Waals surface area contributed by atoms with Crippen LogP contribution in [0.25, 0.3) is 0 Å². The molecule has 182 valence electrons. The first-order valence-corrected chi connectivity index (χ1v) is 11.9. The lowest BCUT2D eigenvalue weighted by Crippen LogP contribution is -2.44. The third-order valence-electron chi connectivity index (χ3n) is 6.04. The maximum atomic E-state index is 13.4. The number of halogens is 1. The van der Waals surface area contributed by atoms with Crippen molar-refractivity contribution in [3.63, 3.8) is 0 Å². The number of hydrogen-bond acceptors (Lipinski definition) is 4. The molecule has 2 atom stereocenters. The summed E-state index contributed by atoms with van der Waals surface area (Å²) in [5, 5.41) is 6.34. The van der Waals surface area contributed by atoms with E-state index in [4.69, 9.17) is 16.3 Å². The molecule has 0 aromatic heterocycles. The van der Waals surface area contributed by atoms with Crippen LogP contribution in [0.5, 0.6) is 0 Å². The molecule has 3 amide bonds. The van der Waals surface area contributed by atoms with E-state index in [0.717, 1.165) is 35.2 Å². The molecule has 0 saturated carbocycles. The quantitative estimate of drug-likeness (QED) is 0.558. The summed E-state index contributed by atoms with van der Waals surface area (Å²) in [7, 11) is 0. The van der Waals surface area contributed by atoms with Crippen molar-refractivity contribution in [2.75, 3.05) is 25.0 Å². The van der Waals surface area contributed by atoms with Crippen molar-refractivity contribution in [1.29, 1.82) is 0 Å². The molecule has 1 aliphatic heterocycles. The topological polar surface area (TPSA) is 87.7 Å². The first kappa shape index (κ1) is 25.7. The van der Waals surface area contributed by atoms with E-state index < -0.39 is 6.04 Å². The zero-order valence-corrected chi connectivity index (χ0v) is 20.7. The number of nitrogens with one attached hydrogen (secondary N) is 2. The summed E-state index contributed by atoms with van der Waals surface area (Å²) in [6.45, 7) is 6.23. The molecule has 0 spiro atoms. The number of carbonyl (C=O) groups excluding carboxylic acids is 3. The van der Waals surface area contributed by atoms with E-state index in [0.29, 0.717) is 18.2 Å². The van der Waals surface area contributed by atoms with E-state index in [1.165, 1.54) is 11.8 Å². The van der Waals surface area contributed by atoms with Gasteiger partial charge in [0.2, 0.25) is 17.7 Å². The predicted molar refractivity (Wildman–Crippen MR) is 133 cm³/mol. The minimum Gasteiger partial charge on any atom is -0.376 e. The van der Waals surface area contributed by atoms with Crippen LogP contribution in [0.3, 0.4) is 0 Å². The molecule has 1 saturated heterocycles. The average molecular weight is 486 g/mol. The fourth-order valence-electron chi connectivity index (χ4n) is 4.03. The fourth-order valence-corrected chi connectivity index (χ4v) is 4.16. The largest absolute Gasteiger partial charge is 0.376 e. The van der Waals surface area contributed by atoms with E-state index in [9.17, 15) is 14.4 Å². The Balaban J connectivity index is 1.75. The van der Waals surface area contributed by atoms with Crippen LogP contribution in [0.1, 0.15) is 48.9 Å². The SMILES string of the molecule is CC(=O)NC(CC(=O)N(CC(=O)Nc1cccc(C)c1C)CC1CCCO1)c1ccc(Cl)cc1. The maximum Gasteiger partial charge on any atom is 0.244 e. The monoisotopic (exact) mass is 485 g/mol. The van der Waals surface area contributed by atoms with Gasteiger partial charge in [0.1, 0.15) is 0 Å². The maximum absolute atomic E-state index is 13.4. The van der Waals surface area contributed by atoms with Crippen molar-refractivity contribution >= 4 is 35.0 Å². The lowest BCUT2D eigenvalue weighted by molar-refractivity contribution is -0.137. The minimum absolute atomic E-state index is 0.0185. The van der Waals surface area contributed by atoms with E-state index >= 15 is 0 Å². The standard InChI is InChI=1S/C26H32ClN3O4/c1-17-6-4-8-23(18(17)2)29-25(32)16-30(15-22-7-5-13-34-22)26(33)14-24(28-19(3)31)20-9-11-21(27)12-10-20/h4,6,8-12,22,24H,5,7,13-16H2,1-3H3,(H,28,31)(H,29,32). The van der Waals surface area contributed by atoms with Gasteiger partial charge in [0, 0.05) is 30.8 Å². The van der Waals surface area contributed by atoms with Gasteiger partial charge in [-0.15, -0.1) is 0 Å². The summed E-state index contributed by atoms with van der Waals surface area (Å²) in [6, 6.07) is 12.2. The summed E-state index contributed by atoms with van der Waals surface area (Å²) < 4.78 is 5.73. The Labute approximate surface area is 205 Å². The number of carbonyl (C=O) groups is 3. The number of anilines is 1. The van der Waals surface area contributed by atoms with E-state index in [-0.39, 0.29) is 36.8 Å². The first-order chi connectivity index (χ1) is 16.2. The smallest absolute Gasteiger partial charge is 0.244 e. The predicted octanol–water partition coefficient (Wildman–Crippen LogP) is 4.17. The highest BCUT2D eigenvalue weighted by atomic mass is 35.5. The molecule has 1 fully saturated rings. The molecule has 1 aliphatic rings. The molecule has 0 radical (unpaired) electrons. The van der Waals surface area contributed by atoms with Gasteiger partial charge < -0.3 is 20.3 Å². The van der Waals surface area contributed by atoms with Crippen LogP contribution in [0.2, 0.25) is 5.02 Å². The Kier molecular flexibility index (Phi) is 9.07. The number of nitrogens with zero attached hydrogens (tertiary/aromatic N) is 1. The Morgan fingerprint density at radius 2 is 1.88 bits per heavy atom. The van der Waals surface area contributed by atoms with E-state index in [1.54, 1.807) is 24.3 Å². The van der Waals surface area contributed by atoms with E-state index in [1.807, 2.05) is 32.0 Å². The van der Waals surface area contributed by atoms with Crippen LogP contribution in [0.4, 0.5) is 5.69 Å². The Hall–Kier alpha value is -2.90. The van der Waals surface area contributed by atoms with Gasteiger partial charge in [-0.2, -0.15) is 0 Å². The van der Waals surface area contributed by atoms with Gasteiger partial charge in [0.05, 0.1) is 25.1 Å². The molecule has 3 rings (SSSR count). The van der Waals surface area contributed by atoms with Crippen molar-refractivity contribution in [3.05, 3.63) is 64.2 Å². The second kappa shape index (κ2) is 12.0. The average Bonchev–Trinajstić information content (AvgIpc) is 3.29. The van der Waals surface area contributed by atoms with Crippen molar-refractivity contribution in [2.45, 2.75) is 52.2 Å². The van der Waals surface area contributed by atoms with E-state index in [2.05, 4.69) is 10.6 Å². The lowest BCUT2D eigenvalue weighted by Gasteiger charge is -2.27. The molecule has 2 aromatic rings. The zero-order valence-electron chi connectivity index (χ0n) is 19.9. The molecule has 7 nitrogen and oxygen atoms in total. The highest BCUT2D eigenvalue weighted by Crippen LogP contribution is 2.22. The molecule has 8 heteroatoms. The van der Waals surface area contributed by atoms with Crippen LogP contribution in [-0.4, -0.2) is 48.4 Å². The Morgan fingerprint density at radius 3 is 2.53 bits per heavy atom. The highest BCUT2D eigenvalue weighted by Gasteiger charge is 2.27. The molecular formula is C26H32ClN3O4. The molecule has 2 unspecified atom stereocenters. The third kappa shape index (κ3) is 7.30. The molecule has 0 aliphatic carbocycles. The van der Waals surface area contributed by atoms with Gasteiger partial charge in [-0.3, -0.25) is 14.4 Å². The second-order valence-corrected chi connectivity index (χ2v) is 9.15. The van der Waals surface area contributed by atoms with Crippen molar-refractivity contribution in [3.8, 4) is 0 Å². The molecular weight excluding hydrogens is 454 g/mol. The summed E-state index contributed by atoms with van der Waals surface area (Å²) in [5.41, 5.74) is 3.56. The number of rotatable bonds is 9. The van der Waals surface area contributed by atoms with Crippen LogP contribution in [-0.2, 0) is 19.1 Å². The normalized spacial score (nSPS) is 16.1. The molecule has 1 heterocycles. The molecule has 2 aromatic carbocycles. The van der Waals surface area contributed by atoms with Crippen molar-refractivity contribution in [1.82, 2.24) is 10.2 Å². The van der Waals surface area contributed by atoms with Crippen LogP contribution in [0.15, 0.2) is 42.5 Å². The van der Waals surface area contributed by atoms with Gasteiger partial charge >= 0.3 is 0 Å². The van der Waals surface area contributed by atoms with Gasteiger partial charge in [-0.25, -0.2) is 0 Å². The minimum atomic E-state index is -0.531. The first-order valence-electron chi connectivity index (χ1n) is 11.5. The molecule has 0 bridgehead atoms. The molecule has 34 heavy (non-hydrogen) atoms. The van der Waals surface area contributed by atoms with Crippen molar-refractivity contribution < 1.29 is 19.1 Å². The second-order valence-electron chi connectivity index (χ2n) is 8.71. The number of hydrogen-bond donors (Lipinski definition) is 2. The zero-order chi connectivity index (χ0) is 24.7. The Bertz CT molecular complexity index is 1020. The van der Waals surface area contributed by atoms with Crippen LogP contribution in [0, 0.1) is 13.8 Å². The Morgan fingerprint density at radius 1 is 1.15 bits per heavy atom. The van der Waals surface area contributed by atoms with Crippen LogP contribution < -0.4 is 10.6 Å². The van der Waals surface area contributed by atoms with Gasteiger partial charge in [0.15, 0.2) is 0 Å². The lowest BCUT2D eigenvalue weighted by atomic mass is 10.0. The summed E-state index contributed by atoms with van der Waals surface area (Å²) in [4.78, 5) is 39.6. The van der Waals surface area contributed by atoms with Crippen molar-refractivity contribution in [2.24, 2.45) is 0 Å². The highest BCUT2D eigenvalue weighted by molar-refractivity contribution is 6.30. The summed E-state index contributed by atoms with van der Waals surface area (Å²) in [6.07, 6.45) is 1.69. The summed E-state index contributed by atoms with van der Waals surface area (Å²) in [5.74, 6) is -0.756. The number of aryl methyl sites for hydroxylation is 1. The van der Waals surface area contributed by atoms with Gasteiger partial charge in [0.25, 0.3) is 0 Å². The number of ether oxygens (including phenoxy) is 1. The number of benzene rings is 2. The molecule has 2 N–H and O–H groups in total. The van der Waals surface area contributed by atoms with Gasteiger partial charge in [-0.05, 0) is 61.6 Å². The summed E-state index contributed by atoms with van der Waals surface area (Å²) >= 11 is 6.00. The van der Waals surface area contributed by atoms with Gasteiger partial charge in [-0.1, -0.05) is 35.9 Å². The fraction of sp³-hybridized carbons (Fsp3) is 0.423. The number of amides is 3. The third-order valence-corrected chi connectivity index (χ3v) is 6.29. The van der Waals surface area contributed by atoms with Crippen LogP contribution >= 0.6 is 11.6 Å².